The molecule has 4 saturated carbocycles. The van der Waals surface area contributed by atoms with E-state index in [4.69, 9.17) is 4.74 Å². The molecule has 0 spiro atoms. The van der Waals surface area contributed by atoms with Crippen molar-refractivity contribution in [3.8, 4) is 5.75 Å². The Labute approximate surface area is 173 Å². The van der Waals surface area contributed by atoms with Crippen LogP contribution in [0.2, 0.25) is 0 Å². The molecule has 4 aliphatic rings. The molecule has 6 nitrogen and oxygen atoms in total. The Morgan fingerprint density at radius 1 is 1.17 bits per heavy atom. The predicted octanol–water partition coefficient (Wildman–Crippen LogP) is 2.95. The summed E-state index contributed by atoms with van der Waals surface area (Å²) in [4.78, 5) is 12.5. The summed E-state index contributed by atoms with van der Waals surface area (Å²) in [5, 5.41) is 3.11. The zero-order valence-corrected chi connectivity index (χ0v) is 17.9. The molecule has 29 heavy (non-hydrogen) atoms. The highest BCUT2D eigenvalue weighted by Crippen LogP contribution is 2.59. The van der Waals surface area contributed by atoms with Crippen molar-refractivity contribution in [2.45, 2.75) is 43.4 Å². The molecule has 0 radical (unpaired) electrons. The smallest absolute Gasteiger partial charge is 0.244 e. The molecular weight excluding hydrogens is 388 g/mol. The van der Waals surface area contributed by atoms with Crippen LogP contribution < -0.4 is 14.8 Å². The Morgan fingerprint density at radius 3 is 2.34 bits per heavy atom. The second-order valence-corrected chi connectivity index (χ2v) is 10.9. The lowest BCUT2D eigenvalue weighted by Crippen LogP contribution is -2.51. The second-order valence-electron chi connectivity index (χ2n) is 9.09. The van der Waals surface area contributed by atoms with Crippen LogP contribution in [-0.4, -0.2) is 35.0 Å². The van der Waals surface area contributed by atoms with Gasteiger partial charge < -0.3 is 10.1 Å². The van der Waals surface area contributed by atoms with Crippen LogP contribution in [0.3, 0.4) is 0 Å². The van der Waals surface area contributed by atoms with Gasteiger partial charge in [-0.15, -0.1) is 0 Å². The van der Waals surface area contributed by atoms with Gasteiger partial charge in [-0.2, -0.15) is 0 Å². The van der Waals surface area contributed by atoms with Crippen molar-refractivity contribution >= 4 is 22.0 Å². The Balaban J connectivity index is 1.41. The molecule has 4 aliphatic carbocycles. The van der Waals surface area contributed by atoms with Gasteiger partial charge in [-0.05, 0) is 92.5 Å². The van der Waals surface area contributed by atoms with Crippen molar-refractivity contribution in [2.75, 3.05) is 20.7 Å². The number of sulfonamides is 1. The van der Waals surface area contributed by atoms with Gasteiger partial charge in [-0.25, -0.2) is 13.1 Å². The Bertz CT molecular complexity index is 887. The normalized spacial score (nSPS) is 30.6. The number of amides is 1. The lowest BCUT2D eigenvalue weighted by Gasteiger charge is -2.56. The lowest BCUT2D eigenvalue weighted by atomic mass is 9.49. The van der Waals surface area contributed by atoms with Crippen molar-refractivity contribution in [1.82, 2.24) is 10.0 Å². The number of hydrogen-bond donors (Lipinski definition) is 2. The van der Waals surface area contributed by atoms with Crippen molar-refractivity contribution in [2.24, 2.45) is 23.2 Å². The fourth-order valence-electron chi connectivity index (χ4n) is 6.13. The maximum absolute atomic E-state index is 12.4. The van der Waals surface area contributed by atoms with E-state index >= 15 is 0 Å². The van der Waals surface area contributed by atoms with Crippen LogP contribution in [0, 0.1) is 23.2 Å². The first-order valence-electron chi connectivity index (χ1n) is 10.4. The van der Waals surface area contributed by atoms with Gasteiger partial charge in [0.05, 0.1) is 7.11 Å². The number of hydrogen-bond acceptors (Lipinski definition) is 4. The van der Waals surface area contributed by atoms with Gasteiger partial charge in [0.25, 0.3) is 0 Å². The van der Waals surface area contributed by atoms with Crippen molar-refractivity contribution < 1.29 is 17.9 Å². The van der Waals surface area contributed by atoms with E-state index < -0.39 is 10.0 Å². The average Bonchev–Trinajstić information content (AvgIpc) is 2.69. The van der Waals surface area contributed by atoms with E-state index in [-0.39, 0.29) is 16.6 Å². The van der Waals surface area contributed by atoms with Gasteiger partial charge in [-0.3, -0.25) is 4.79 Å². The first kappa shape index (κ1) is 20.4. The van der Waals surface area contributed by atoms with Crippen LogP contribution >= 0.6 is 0 Å². The molecule has 1 amide bonds. The van der Waals surface area contributed by atoms with Crippen molar-refractivity contribution in [3.63, 3.8) is 0 Å². The minimum absolute atomic E-state index is 0.0543. The standard InChI is InChI=1S/C22H30N2O4S/c1-23-29(26,27)20-10-15(3-5-19(20)28-2)4-6-21(25)24-14-22-11-16-7-17(12-22)9-18(8-16)13-22/h3-6,10,16-18,23H,7-9,11-14H2,1-2H3,(H,24,25)/b6-4+. The molecule has 4 fully saturated rings. The zero-order valence-electron chi connectivity index (χ0n) is 17.1. The summed E-state index contributed by atoms with van der Waals surface area (Å²) in [5.74, 6) is 2.72. The Hall–Kier alpha value is -1.86. The lowest BCUT2D eigenvalue weighted by molar-refractivity contribution is -0.118. The Kier molecular flexibility index (Phi) is 5.46. The van der Waals surface area contributed by atoms with Crippen LogP contribution in [0.25, 0.3) is 6.08 Å². The summed E-state index contributed by atoms with van der Waals surface area (Å²) >= 11 is 0. The molecule has 0 heterocycles. The molecule has 2 N–H and O–H groups in total. The summed E-state index contributed by atoms with van der Waals surface area (Å²) in [6.07, 6.45) is 11.1. The quantitative estimate of drug-likeness (QED) is 0.667. The maximum Gasteiger partial charge on any atom is 0.244 e. The number of benzene rings is 1. The third kappa shape index (κ3) is 4.21. The van der Waals surface area contributed by atoms with E-state index in [1.165, 1.54) is 64.8 Å². The van der Waals surface area contributed by atoms with E-state index in [0.29, 0.717) is 11.0 Å². The molecule has 0 aromatic heterocycles. The van der Waals surface area contributed by atoms with Gasteiger partial charge in [0, 0.05) is 12.6 Å². The molecular formula is C22H30N2O4S. The van der Waals surface area contributed by atoms with Gasteiger partial charge in [0.2, 0.25) is 15.9 Å². The van der Waals surface area contributed by atoms with E-state index in [9.17, 15) is 13.2 Å². The summed E-state index contributed by atoms with van der Waals surface area (Å²) in [7, 11) is -0.863. The van der Waals surface area contributed by atoms with E-state index in [0.717, 1.165) is 24.3 Å². The first-order valence-corrected chi connectivity index (χ1v) is 11.9. The number of rotatable bonds is 7. The second kappa shape index (κ2) is 7.76. The summed E-state index contributed by atoms with van der Waals surface area (Å²) in [5.41, 5.74) is 0.927. The molecule has 0 saturated heterocycles. The van der Waals surface area contributed by atoms with Crippen LogP contribution in [-0.2, 0) is 14.8 Å². The zero-order chi connectivity index (χ0) is 20.6. The van der Waals surface area contributed by atoms with E-state index in [1.807, 2.05) is 0 Å². The number of nitrogens with one attached hydrogen (secondary N) is 2. The van der Waals surface area contributed by atoms with Gasteiger partial charge in [0.1, 0.15) is 10.6 Å². The van der Waals surface area contributed by atoms with Crippen molar-refractivity contribution in [1.29, 1.82) is 0 Å². The molecule has 0 unspecified atom stereocenters. The average molecular weight is 419 g/mol. The topological polar surface area (TPSA) is 84.5 Å². The third-order valence-electron chi connectivity index (χ3n) is 6.98. The molecule has 1 aromatic carbocycles. The summed E-state index contributed by atoms with van der Waals surface area (Å²) < 4.78 is 31.8. The molecule has 4 bridgehead atoms. The molecule has 158 valence electrons. The summed E-state index contributed by atoms with van der Waals surface area (Å²) in [6, 6.07) is 4.83. The van der Waals surface area contributed by atoms with Gasteiger partial charge in [-0.1, -0.05) is 6.07 Å². The molecule has 0 atom stereocenters. The summed E-state index contributed by atoms with van der Waals surface area (Å²) in [6.45, 7) is 0.752. The van der Waals surface area contributed by atoms with Crippen LogP contribution in [0.5, 0.6) is 5.75 Å². The Morgan fingerprint density at radius 2 is 1.79 bits per heavy atom. The van der Waals surface area contributed by atoms with E-state index in [1.54, 1.807) is 18.2 Å². The highest BCUT2D eigenvalue weighted by molar-refractivity contribution is 7.89. The number of methoxy groups -OCH3 is 1. The minimum atomic E-state index is -3.65. The predicted molar refractivity (Wildman–Crippen MR) is 112 cm³/mol. The number of carbonyl (C=O) groups is 1. The van der Waals surface area contributed by atoms with Crippen LogP contribution in [0.4, 0.5) is 0 Å². The van der Waals surface area contributed by atoms with Gasteiger partial charge >= 0.3 is 0 Å². The highest BCUT2D eigenvalue weighted by atomic mass is 32.2. The largest absolute Gasteiger partial charge is 0.495 e. The molecule has 0 aliphatic heterocycles. The molecule has 5 rings (SSSR count). The fraction of sp³-hybridized carbons (Fsp3) is 0.591. The monoisotopic (exact) mass is 418 g/mol. The molecule has 7 heteroatoms. The number of carbonyl (C=O) groups excluding carboxylic acids is 1. The number of ether oxygens (including phenoxy) is 1. The fourth-order valence-corrected chi connectivity index (χ4v) is 7.06. The van der Waals surface area contributed by atoms with E-state index in [2.05, 4.69) is 10.0 Å². The minimum Gasteiger partial charge on any atom is -0.495 e. The maximum atomic E-state index is 12.4. The van der Waals surface area contributed by atoms with Crippen LogP contribution in [0.1, 0.15) is 44.1 Å². The SMILES string of the molecule is CNS(=O)(=O)c1cc(/C=C/C(=O)NCC23CC4CC(CC(C4)C2)C3)ccc1OC. The van der Waals surface area contributed by atoms with Crippen molar-refractivity contribution in [3.05, 3.63) is 29.8 Å². The first-order chi connectivity index (χ1) is 13.8. The third-order valence-corrected chi connectivity index (χ3v) is 8.41. The highest BCUT2D eigenvalue weighted by Gasteiger charge is 2.50. The molecule has 1 aromatic rings. The van der Waals surface area contributed by atoms with Crippen LogP contribution in [0.15, 0.2) is 29.2 Å². The van der Waals surface area contributed by atoms with Gasteiger partial charge in [0.15, 0.2) is 0 Å².